The van der Waals surface area contributed by atoms with Gasteiger partial charge in [0, 0.05) is 15.6 Å². The predicted octanol–water partition coefficient (Wildman–Crippen LogP) is 2.10. The second-order valence-electron chi connectivity index (χ2n) is 1.32. The molecule has 1 unspecified atom stereocenters. The van der Waals surface area contributed by atoms with Crippen LogP contribution in [0.3, 0.4) is 0 Å². The van der Waals surface area contributed by atoms with Gasteiger partial charge in [0.15, 0.2) is 0 Å². The van der Waals surface area contributed by atoms with Gasteiger partial charge < -0.3 is 4.55 Å². The molecule has 0 aromatic carbocycles. The quantitative estimate of drug-likeness (QED) is 0.359. The molecule has 9 heavy (non-hydrogen) atoms. The zero-order valence-electron chi connectivity index (χ0n) is 5.37. The molecular weight excluding hydrogens is 152 g/mol. The Balaban J connectivity index is 3.25. The molecular formula is C6H10OS2. The van der Waals surface area contributed by atoms with E-state index in [2.05, 4.69) is 6.58 Å². The van der Waals surface area contributed by atoms with E-state index < -0.39 is 10.2 Å². The Morgan fingerprint density at radius 1 is 1.78 bits per heavy atom. The molecule has 0 saturated heterocycles. The summed E-state index contributed by atoms with van der Waals surface area (Å²) in [6.07, 6.45) is 3.53. The van der Waals surface area contributed by atoms with E-state index in [0.29, 0.717) is 5.75 Å². The van der Waals surface area contributed by atoms with Crippen molar-refractivity contribution in [1.82, 2.24) is 0 Å². The van der Waals surface area contributed by atoms with Gasteiger partial charge >= 0.3 is 0 Å². The number of hydrogen-bond donors (Lipinski definition) is 0. The second kappa shape index (κ2) is 6.26. The Bertz CT molecular complexity index is 101. The van der Waals surface area contributed by atoms with Crippen LogP contribution in [0.5, 0.6) is 0 Å². The van der Waals surface area contributed by atoms with Gasteiger partial charge in [-0.25, -0.2) is 0 Å². The smallest absolute Gasteiger partial charge is 0.136 e. The zero-order valence-corrected chi connectivity index (χ0v) is 7.00. The van der Waals surface area contributed by atoms with Crippen LogP contribution < -0.4 is 0 Å². The maximum Gasteiger partial charge on any atom is 0.136 e. The van der Waals surface area contributed by atoms with Crippen molar-refractivity contribution < 1.29 is 4.55 Å². The molecule has 3 heteroatoms. The van der Waals surface area contributed by atoms with E-state index >= 15 is 0 Å². The molecule has 0 aromatic heterocycles. The summed E-state index contributed by atoms with van der Waals surface area (Å²) in [5.41, 5.74) is 0. The molecule has 0 aromatic rings. The summed E-state index contributed by atoms with van der Waals surface area (Å²) in [7, 11) is 0.513. The lowest BCUT2D eigenvalue weighted by atomic mass is 10.8. The summed E-state index contributed by atoms with van der Waals surface area (Å²) in [6, 6.07) is 0. The summed E-state index contributed by atoms with van der Waals surface area (Å²) in [4.78, 5) is 0. The SMILES string of the molecule is C=CC[S+]([O-])S/C=C\C. The van der Waals surface area contributed by atoms with Gasteiger partial charge in [0.05, 0.1) is 0 Å². The Morgan fingerprint density at radius 2 is 2.44 bits per heavy atom. The predicted molar refractivity (Wildman–Crippen MR) is 45.6 cm³/mol. The summed E-state index contributed by atoms with van der Waals surface area (Å²) >= 11 is 0. The third-order valence-electron chi connectivity index (χ3n) is 0.553. The van der Waals surface area contributed by atoms with Gasteiger partial charge in [-0.05, 0) is 13.0 Å². The number of hydrogen-bond acceptors (Lipinski definition) is 2. The van der Waals surface area contributed by atoms with Crippen molar-refractivity contribution in [3.63, 3.8) is 0 Å². The summed E-state index contributed by atoms with van der Waals surface area (Å²) in [5, 5.41) is 1.82. The molecule has 0 amide bonds. The molecule has 0 rings (SSSR count). The highest BCUT2D eigenvalue weighted by Gasteiger charge is 1.99. The van der Waals surface area contributed by atoms with Crippen molar-refractivity contribution in [1.29, 1.82) is 0 Å². The Kier molecular flexibility index (Phi) is 6.36. The van der Waals surface area contributed by atoms with E-state index in [1.165, 1.54) is 10.8 Å². The largest absolute Gasteiger partial charge is 0.605 e. The fourth-order valence-electron chi connectivity index (χ4n) is 0.253. The molecule has 0 saturated carbocycles. The van der Waals surface area contributed by atoms with Gasteiger partial charge in [0.25, 0.3) is 0 Å². The van der Waals surface area contributed by atoms with E-state index in [1.54, 1.807) is 6.08 Å². The average molecular weight is 162 g/mol. The minimum Gasteiger partial charge on any atom is -0.605 e. The van der Waals surface area contributed by atoms with Crippen LogP contribution in [0.4, 0.5) is 0 Å². The fraction of sp³-hybridized carbons (Fsp3) is 0.333. The highest BCUT2D eigenvalue weighted by molar-refractivity contribution is 8.73. The third kappa shape index (κ3) is 6.02. The minimum absolute atomic E-state index is 0.564. The van der Waals surface area contributed by atoms with Gasteiger partial charge in [-0.1, -0.05) is 12.7 Å². The lowest BCUT2D eigenvalue weighted by molar-refractivity contribution is 0.612. The van der Waals surface area contributed by atoms with Crippen LogP contribution in [0.1, 0.15) is 6.92 Å². The molecule has 0 bridgehead atoms. The van der Waals surface area contributed by atoms with Crippen LogP contribution in [-0.2, 0) is 10.2 Å². The normalized spacial score (nSPS) is 14.0. The van der Waals surface area contributed by atoms with Gasteiger partial charge in [-0.15, -0.1) is 0 Å². The molecule has 52 valence electrons. The summed E-state index contributed by atoms with van der Waals surface area (Å²) in [5.74, 6) is 0.564. The Hall–Kier alpha value is 0.140. The zero-order chi connectivity index (χ0) is 7.11. The monoisotopic (exact) mass is 162 g/mol. The van der Waals surface area contributed by atoms with E-state index in [0.717, 1.165) is 0 Å². The summed E-state index contributed by atoms with van der Waals surface area (Å²) < 4.78 is 10.8. The van der Waals surface area contributed by atoms with Gasteiger partial charge in [-0.3, -0.25) is 0 Å². The van der Waals surface area contributed by atoms with E-state index in [-0.39, 0.29) is 0 Å². The molecule has 0 aliphatic rings. The molecule has 0 spiro atoms. The number of allylic oxidation sites excluding steroid dienone is 1. The molecule has 0 aliphatic carbocycles. The molecule has 0 heterocycles. The van der Waals surface area contributed by atoms with Gasteiger partial charge in [0.1, 0.15) is 16.5 Å². The number of rotatable bonds is 4. The first-order valence-electron chi connectivity index (χ1n) is 2.58. The first-order valence-corrected chi connectivity index (χ1v) is 5.30. The lowest BCUT2D eigenvalue weighted by Crippen LogP contribution is -1.94. The van der Waals surface area contributed by atoms with Crippen molar-refractivity contribution in [3.8, 4) is 0 Å². The minimum atomic E-state index is -0.808. The first-order chi connectivity index (χ1) is 4.31. The van der Waals surface area contributed by atoms with E-state index in [9.17, 15) is 4.55 Å². The molecule has 0 radical (unpaired) electrons. The Morgan fingerprint density at radius 3 is 2.89 bits per heavy atom. The molecule has 1 atom stereocenters. The van der Waals surface area contributed by atoms with Crippen LogP contribution in [0.15, 0.2) is 24.1 Å². The van der Waals surface area contributed by atoms with Crippen LogP contribution in [0, 0.1) is 0 Å². The molecule has 0 fully saturated rings. The molecule has 1 nitrogen and oxygen atoms in total. The van der Waals surface area contributed by atoms with Crippen LogP contribution in [-0.4, -0.2) is 10.3 Å². The topological polar surface area (TPSA) is 23.1 Å². The van der Waals surface area contributed by atoms with Crippen molar-refractivity contribution >= 4 is 21.0 Å². The average Bonchev–Trinajstić information content (AvgIpc) is 1.85. The Labute approximate surface area is 62.8 Å². The van der Waals surface area contributed by atoms with Crippen LogP contribution >= 0.6 is 10.8 Å². The second-order valence-corrected chi connectivity index (χ2v) is 4.42. The highest BCUT2D eigenvalue weighted by atomic mass is 33.1. The fourth-order valence-corrected chi connectivity index (χ4v) is 1.99. The van der Waals surface area contributed by atoms with Gasteiger partial charge in [0.2, 0.25) is 0 Å². The highest BCUT2D eigenvalue weighted by Crippen LogP contribution is 2.13. The first kappa shape index (κ1) is 9.14. The maximum atomic E-state index is 10.8. The molecule has 0 aliphatic heterocycles. The van der Waals surface area contributed by atoms with Crippen LogP contribution in [0.2, 0.25) is 0 Å². The third-order valence-corrected chi connectivity index (χ3v) is 3.04. The van der Waals surface area contributed by atoms with Crippen molar-refractivity contribution in [2.75, 3.05) is 5.75 Å². The standard InChI is InChI=1S/C6H10OS2/c1-3-5-8-9(7)6-4-2/h3-5H,2,6H2,1H3/b5-3-. The van der Waals surface area contributed by atoms with Crippen LogP contribution in [0.25, 0.3) is 0 Å². The van der Waals surface area contributed by atoms with Crippen molar-refractivity contribution in [3.05, 3.63) is 24.1 Å². The maximum absolute atomic E-state index is 10.8. The van der Waals surface area contributed by atoms with Crippen molar-refractivity contribution in [2.45, 2.75) is 6.92 Å². The molecule has 0 N–H and O–H groups in total. The van der Waals surface area contributed by atoms with E-state index in [4.69, 9.17) is 0 Å². The van der Waals surface area contributed by atoms with Crippen molar-refractivity contribution in [2.24, 2.45) is 0 Å². The van der Waals surface area contributed by atoms with Gasteiger partial charge in [-0.2, -0.15) is 0 Å². The summed E-state index contributed by atoms with van der Waals surface area (Å²) in [6.45, 7) is 5.38. The lowest BCUT2D eigenvalue weighted by Gasteiger charge is -2.00. The van der Waals surface area contributed by atoms with E-state index in [1.807, 2.05) is 18.4 Å².